The van der Waals surface area contributed by atoms with E-state index in [4.69, 9.17) is 0 Å². The minimum Gasteiger partial charge on any atom is -0.451 e. The molecule has 1 amide bonds. The van der Waals surface area contributed by atoms with E-state index in [9.17, 15) is 18.0 Å². The maximum atomic E-state index is 12.8. The molecule has 2 aromatic rings. The van der Waals surface area contributed by atoms with Crippen molar-refractivity contribution in [1.82, 2.24) is 9.88 Å². The van der Waals surface area contributed by atoms with Crippen molar-refractivity contribution in [2.45, 2.75) is 12.7 Å². The molecule has 0 bridgehead atoms. The molecule has 0 saturated heterocycles. The van der Waals surface area contributed by atoms with Crippen LogP contribution < -0.4 is 0 Å². The third-order valence-electron chi connectivity index (χ3n) is 2.73. The lowest BCUT2D eigenvalue weighted by molar-refractivity contribution is -0.138. The third-order valence-corrected chi connectivity index (χ3v) is 2.73. The Kier molecular flexibility index (Phi) is 3.78. The van der Waals surface area contributed by atoms with Crippen LogP contribution in [0.25, 0.3) is 0 Å². The Hall–Kier alpha value is -2.31. The molecule has 4 nitrogen and oxygen atoms in total. The molecular weight excluding hydrogens is 273 g/mol. The molecule has 0 aliphatic heterocycles. The first-order chi connectivity index (χ1) is 9.39. The normalized spacial score (nSPS) is 11.4. The number of nitrogens with zero attached hydrogens (tertiary/aromatic N) is 2. The van der Waals surface area contributed by atoms with Gasteiger partial charge in [-0.1, -0.05) is 18.2 Å². The molecular formula is C13H11F3N2O2. The number of aromatic nitrogens is 1. The number of hydrogen-bond donors (Lipinski definition) is 0. The van der Waals surface area contributed by atoms with Crippen LogP contribution in [0.4, 0.5) is 13.2 Å². The van der Waals surface area contributed by atoms with Gasteiger partial charge in [0.15, 0.2) is 12.1 Å². The fraction of sp³-hybridized carbons (Fsp3) is 0.231. The molecule has 0 aliphatic rings. The Balaban J connectivity index is 2.20. The van der Waals surface area contributed by atoms with Crippen molar-refractivity contribution in [2.75, 3.05) is 7.05 Å². The number of carbonyl (C=O) groups is 1. The summed E-state index contributed by atoms with van der Waals surface area (Å²) in [5.74, 6) is -0.504. The SMILES string of the molecule is CN(Cc1ccccc1C(F)(F)F)C(=O)c1cocn1. The summed E-state index contributed by atoms with van der Waals surface area (Å²) in [5, 5.41) is 0. The van der Waals surface area contributed by atoms with Crippen molar-refractivity contribution in [3.63, 3.8) is 0 Å². The number of benzene rings is 1. The van der Waals surface area contributed by atoms with Crippen molar-refractivity contribution in [1.29, 1.82) is 0 Å². The van der Waals surface area contributed by atoms with E-state index < -0.39 is 17.6 Å². The molecule has 0 atom stereocenters. The van der Waals surface area contributed by atoms with Crippen LogP contribution in [0.2, 0.25) is 0 Å². The fourth-order valence-electron chi connectivity index (χ4n) is 1.78. The summed E-state index contributed by atoms with van der Waals surface area (Å²) in [6, 6.07) is 5.14. The van der Waals surface area contributed by atoms with Crippen LogP contribution in [0.5, 0.6) is 0 Å². The van der Waals surface area contributed by atoms with Gasteiger partial charge in [-0.05, 0) is 11.6 Å². The minimum atomic E-state index is -4.45. The van der Waals surface area contributed by atoms with Crippen molar-refractivity contribution in [3.8, 4) is 0 Å². The van der Waals surface area contributed by atoms with Crippen LogP contribution in [-0.4, -0.2) is 22.8 Å². The molecule has 0 spiro atoms. The number of amides is 1. The van der Waals surface area contributed by atoms with Gasteiger partial charge in [0.1, 0.15) is 6.26 Å². The Labute approximate surface area is 112 Å². The third kappa shape index (κ3) is 2.98. The van der Waals surface area contributed by atoms with Gasteiger partial charge in [-0.25, -0.2) is 4.98 Å². The van der Waals surface area contributed by atoms with E-state index in [1.165, 1.54) is 25.2 Å². The first kappa shape index (κ1) is 14.1. The monoisotopic (exact) mass is 284 g/mol. The van der Waals surface area contributed by atoms with E-state index in [0.29, 0.717) is 0 Å². The zero-order valence-corrected chi connectivity index (χ0v) is 10.5. The van der Waals surface area contributed by atoms with E-state index in [1.807, 2.05) is 0 Å². The van der Waals surface area contributed by atoms with Crippen LogP contribution in [0.1, 0.15) is 21.6 Å². The summed E-state index contributed by atoms with van der Waals surface area (Å²) in [6.45, 7) is -0.165. The second kappa shape index (κ2) is 5.36. The lowest BCUT2D eigenvalue weighted by Gasteiger charge is -2.19. The fourth-order valence-corrected chi connectivity index (χ4v) is 1.78. The lowest BCUT2D eigenvalue weighted by atomic mass is 10.1. The number of halogens is 3. The molecule has 0 fully saturated rings. The van der Waals surface area contributed by atoms with E-state index in [-0.39, 0.29) is 17.8 Å². The molecule has 2 rings (SSSR count). The molecule has 0 unspecified atom stereocenters. The van der Waals surface area contributed by atoms with Gasteiger partial charge in [-0.15, -0.1) is 0 Å². The van der Waals surface area contributed by atoms with E-state index in [1.54, 1.807) is 0 Å². The summed E-state index contributed by atoms with van der Waals surface area (Å²) >= 11 is 0. The second-order valence-electron chi connectivity index (χ2n) is 4.19. The van der Waals surface area contributed by atoms with Gasteiger partial charge < -0.3 is 9.32 Å². The molecule has 1 aromatic carbocycles. The van der Waals surface area contributed by atoms with Gasteiger partial charge in [-0.2, -0.15) is 13.2 Å². The Morgan fingerprint density at radius 3 is 2.65 bits per heavy atom. The van der Waals surface area contributed by atoms with Gasteiger partial charge in [-0.3, -0.25) is 4.79 Å². The molecule has 106 valence electrons. The van der Waals surface area contributed by atoms with Crippen LogP contribution in [0, 0.1) is 0 Å². The largest absolute Gasteiger partial charge is 0.451 e. The molecule has 0 radical (unpaired) electrons. The average molecular weight is 284 g/mol. The Bertz CT molecular complexity index is 594. The number of alkyl halides is 3. The summed E-state index contributed by atoms with van der Waals surface area (Å²) in [4.78, 5) is 16.7. The van der Waals surface area contributed by atoms with Crippen LogP contribution in [-0.2, 0) is 12.7 Å². The van der Waals surface area contributed by atoms with E-state index >= 15 is 0 Å². The lowest BCUT2D eigenvalue weighted by Crippen LogP contribution is -2.27. The van der Waals surface area contributed by atoms with Crippen molar-refractivity contribution >= 4 is 5.91 Å². The first-order valence-corrected chi connectivity index (χ1v) is 5.68. The van der Waals surface area contributed by atoms with Crippen molar-refractivity contribution in [3.05, 3.63) is 53.7 Å². The van der Waals surface area contributed by atoms with Gasteiger partial charge in [0.2, 0.25) is 0 Å². The molecule has 1 heterocycles. The minimum absolute atomic E-state index is 0.0272. The number of carbonyl (C=O) groups excluding carboxylic acids is 1. The zero-order valence-electron chi connectivity index (χ0n) is 10.5. The van der Waals surface area contributed by atoms with Gasteiger partial charge in [0, 0.05) is 13.6 Å². The maximum absolute atomic E-state index is 12.8. The van der Waals surface area contributed by atoms with Crippen molar-refractivity contribution in [2.24, 2.45) is 0 Å². The second-order valence-corrected chi connectivity index (χ2v) is 4.19. The molecule has 1 aromatic heterocycles. The quantitative estimate of drug-likeness (QED) is 0.870. The molecule has 0 N–H and O–H groups in total. The van der Waals surface area contributed by atoms with Crippen LogP contribution in [0.3, 0.4) is 0 Å². The van der Waals surface area contributed by atoms with E-state index in [0.717, 1.165) is 23.6 Å². The summed E-state index contributed by atoms with van der Waals surface area (Å²) < 4.78 is 43.2. The zero-order chi connectivity index (χ0) is 14.8. The van der Waals surface area contributed by atoms with Crippen LogP contribution >= 0.6 is 0 Å². The topological polar surface area (TPSA) is 46.3 Å². The standard InChI is InChI=1S/C13H11F3N2O2/c1-18(12(19)11-7-20-8-17-11)6-9-4-2-3-5-10(9)13(14,15)16/h2-5,7-8H,6H2,1H3. The number of hydrogen-bond acceptors (Lipinski definition) is 3. The molecule has 0 saturated carbocycles. The van der Waals surface area contributed by atoms with Gasteiger partial charge >= 0.3 is 6.18 Å². The van der Waals surface area contributed by atoms with Crippen LogP contribution in [0.15, 0.2) is 41.3 Å². The highest BCUT2D eigenvalue weighted by Gasteiger charge is 2.33. The Morgan fingerprint density at radius 2 is 2.05 bits per heavy atom. The summed E-state index contributed by atoms with van der Waals surface area (Å²) in [5.41, 5.74) is -0.670. The first-order valence-electron chi connectivity index (χ1n) is 5.68. The molecule has 7 heteroatoms. The summed E-state index contributed by atoms with van der Waals surface area (Å²) in [7, 11) is 1.41. The van der Waals surface area contributed by atoms with Crippen molar-refractivity contribution < 1.29 is 22.4 Å². The van der Waals surface area contributed by atoms with Gasteiger partial charge in [0.25, 0.3) is 5.91 Å². The molecule has 0 aliphatic carbocycles. The number of oxazole rings is 1. The van der Waals surface area contributed by atoms with Gasteiger partial charge in [0.05, 0.1) is 5.56 Å². The number of rotatable bonds is 3. The highest BCUT2D eigenvalue weighted by atomic mass is 19.4. The highest BCUT2D eigenvalue weighted by molar-refractivity contribution is 5.91. The van der Waals surface area contributed by atoms with E-state index in [2.05, 4.69) is 9.40 Å². The molecule has 20 heavy (non-hydrogen) atoms. The average Bonchev–Trinajstić information content (AvgIpc) is 2.91. The predicted molar refractivity (Wildman–Crippen MR) is 63.7 cm³/mol. The maximum Gasteiger partial charge on any atom is 0.416 e. The summed E-state index contributed by atoms with van der Waals surface area (Å²) in [6.07, 6.45) is -2.21. The highest BCUT2D eigenvalue weighted by Crippen LogP contribution is 2.32. The smallest absolute Gasteiger partial charge is 0.416 e. The Morgan fingerprint density at radius 1 is 1.35 bits per heavy atom. The predicted octanol–water partition coefficient (Wildman–Crippen LogP) is 2.97.